The summed E-state index contributed by atoms with van der Waals surface area (Å²) >= 11 is 0. The van der Waals surface area contributed by atoms with Crippen LogP contribution < -0.4 is 5.32 Å². The summed E-state index contributed by atoms with van der Waals surface area (Å²) in [4.78, 5) is 30.3. The van der Waals surface area contributed by atoms with Gasteiger partial charge in [-0.15, -0.1) is 0 Å². The molecule has 1 N–H and O–H groups in total. The summed E-state index contributed by atoms with van der Waals surface area (Å²) < 4.78 is 4.95. The first-order valence-corrected chi connectivity index (χ1v) is 7.19. The fourth-order valence-corrected chi connectivity index (χ4v) is 2.36. The highest BCUT2D eigenvalue weighted by Crippen LogP contribution is 2.14. The molecule has 0 aliphatic carbocycles. The largest absolute Gasteiger partial charge is 0.462 e. The average molecular weight is 291 g/mol. The second kappa shape index (κ2) is 6.67. The third-order valence-electron chi connectivity index (χ3n) is 3.48. The van der Waals surface area contributed by atoms with Crippen LogP contribution in [0.25, 0.3) is 0 Å². The van der Waals surface area contributed by atoms with Gasteiger partial charge in [0, 0.05) is 31.9 Å². The van der Waals surface area contributed by atoms with Crippen LogP contribution in [-0.2, 0) is 4.74 Å². The number of aromatic nitrogens is 1. The van der Waals surface area contributed by atoms with Gasteiger partial charge in [0.05, 0.1) is 23.4 Å². The van der Waals surface area contributed by atoms with E-state index < -0.39 is 5.97 Å². The van der Waals surface area contributed by atoms with E-state index in [-0.39, 0.29) is 11.9 Å². The van der Waals surface area contributed by atoms with E-state index in [1.54, 1.807) is 24.8 Å². The third-order valence-corrected chi connectivity index (χ3v) is 3.48. The van der Waals surface area contributed by atoms with Crippen LogP contribution in [0.2, 0.25) is 0 Å². The molecule has 0 radical (unpaired) electrons. The molecular weight excluding hydrogens is 270 g/mol. The lowest BCUT2D eigenvalue weighted by molar-refractivity contribution is 0.0526. The number of carbonyl (C=O) groups is 2. The maximum absolute atomic E-state index is 12.6. The first-order chi connectivity index (χ1) is 10.0. The van der Waals surface area contributed by atoms with Crippen molar-refractivity contribution in [3.63, 3.8) is 0 Å². The molecule has 114 valence electrons. The van der Waals surface area contributed by atoms with E-state index in [4.69, 9.17) is 4.74 Å². The van der Waals surface area contributed by atoms with Gasteiger partial charge < -0.3 is 15.0 Å². The van der Waals surface area contributed by atoms with Crippen LogP contribution in [0.15, 0.2) is 12.3 Å². The normalized spacial score (nSPS) is 18.4. The number of rotatable bonds is 3. The first kappa shape index (κ1) is 15.4. The third kappa shape index (κ3) is 3.58. The van der Waals surface area contributed by atoms with E-state index in [2.05, 4.69) is 10.3 Å². The highest BCUT2D eigenvalue weighted by atomic mass is 16.5. The number of hydrogen-bond acceptors (Lipinski definition) is 5. The summed E-state index contributed by atoms with van der Waals surface area (Å²) in [6.07, 6.45) is 1.45. The predicted octanol–water partition coefficient (Wildman–Crippen LogP) is 1.00. The molecule has 0 aromatic carbocycles. The van der Waals surface area contributed by atoms with Crippen molar-refractivity contribution in [1.29, 1.82) is 0 Å². The van der Waals surface area contributed by atoms with Gasteiger partial charge in [0.1, 0.15) is 0 Å². The maximum Gasteiger partial charge on any atom is 0.339 e. The number of hydrogen-bond donors (Lipinski definition) is 1. The van der Waals surface area contributed by atoms with Gasteiger partial charge in [0.2, 0.25) is 0 Å². The lowest BCUT2D eigenvalue weighted by Crippen LogP contribution is -2.51. The topological polar surface area (TPSA) is 71.5 Å². The van der Waals surface area contributed by atoms with Gasteiger partial charge in [-0.1, -0.05) is 0 Å². The Bertz CT molecular complexity index is 545. The van der Waals surface area contributed by atoms with Crippen LogP contribution in [0.5, 0.6) is 0 Å². The Morgan fingerprint density at radius 3 is 2.95 bits per heavy atom. The van der Waals surface area contributed by atoms with E-state index in [0.29, 0.717) is 36.5 Å². The summed E-state index contributed by atoms with van der Waals surface area (Å²) in [6.45, 7) is 7.94. The molecule has 21 heavy (non-hydrogen) atoms. The molecule has 1 atom stereocenters. The van der Waals surface area contributed by atoms with Crippen molar-refractivity contribution in [3.05, 3.63) is 29.1 Å². The lowest BCUT2D eigenvalue weighted by Gasteiger charge is -2.32. The molecule has 1 saturated heterocycles. The Kier molecular flexibility index (Phi) is 4.90. The van der Waals surface area contributed by atoms with Gasteiger partial charge in [0.15, 0.2) is 0 Å². The van der Waals surface area contributed by atoms with E-state index in [0.717, 1.165) is 6.54 Å². The van der Waals surface area contributed by atoms with E-state index >= 15 is 0 Å². The minimum absolute atomic E-state index is 0.0838. The van der Waals surface area contributed by atoms with Gasteiger partial charge in [-0.3, -0.25) is 9.78 Å². The van der Waals surface area contributed by atoms with Crippen molar-refractivity contribution in [2.75, 3.05) is 26.2 Å². The molecule has 1 aliphatic rings. The summed E-state index contributed by atoms with van der Waals surface area (Å²) in [5.74, 6) is -0.535. The maximum atomic E-state index is 12.6. The average Bonchev–Trinajstić information content (AvgIpc) is 2.47. The number of nitrogens with one attached hydrogen (secondary N) is 1. The molecule has 1 aromatic rings. The number of aryl methyl sites for hydroxylation is 1. The number of nitrogens with zero attached hydrogens (tertiary/aromatic N) is 2. The number of carbonyl (C=O) groups excluding carboxylic acids is 2. The van der Waals surface area contributed by atoms with Crippen molar-refractivity contribution in [2.24, 2.45) is 0 Å². The Hall–Kier alpha value is -1.95. The molecule has 1 amide bonds. The Labute approximate surface area is 124 Å². The Morgan fingerprint density at radius 1 is 1.52 bits per heavy atom. The highest BCUT2D eigenvalue weighted by molar-refractivity contribution is 5.98. The number of amides is 1. The van der Waals surface area contributed by atoms with Gasteiger partial charge in [0.25, 0.3) is 5.91 Å². The SMILES string of the molecule is CCOC(=O)c1cnc(C)c(C(=O)N2CCN[C@H](C)C2)c1. The summed E-state index contributed by atoms with van der Waals surface area (Å²) in [7, 11) is 0. The van der Waals surface area contributed by atoms with Crippen molar-refractivity contribution in [3.8, 4) is 0 Å². The summed E-state index contributed by atoms with van der Waals surface area (Å²) in [5, 5.41) is 3.30. The van der Waals surface area contributed by atoms with Crippen molar-refractivity contribution >= 4 is 11.9 Å². The zero-order chi connectivity index (χ0) is 15.4. The first-order valence-electron chi connectivity index (χ1n) is 7.19. The smallest absolute Gasteiger partial charge is 0.339 e. The van der Waals surface area contributed by atoms with Gasteiger partial charge in [-0.05, 0) is 26.8 Å². The molecule has 0 spiro atoms. The Morgan fingerprint density at radius 2 is 2.29 bits per heavy atom. The second-order valence-electron chi connectivity index (χ2n) is 5.18. The molecule has 6 heteroatoms. The fourth-order valence-electron chi connectivity index (χ4n) is 2.36. The molecule has 2 rings (SSSR count). The monoisotopic (exact) mass is 291 g/mol. The van der Waals surface area contributed by atoms with Crippen LogP contribution in [0.3, 0.4) is 0 Å². The van der Waals surface area contributed by atoms with Crippen LogP contribution in [-0.4, -0.2) is 54.0 Å². The number of esters is 1. The van der Waals surface area contributed by atoms with Gasteiger partial charge in [-0.2, -0.15) is 0 Å². The lowest BCUT2D eigenvalue weighted by atomic mass is 10.1. The number of piperazine rings is 1. The van der Waals surface area contributed by atoms with Crippen molar-refractivity contribution < 1.29 is 14.3 Å². The van der Waals surface area contributed by atoms with Crippen LogP contribution in [0.1, 0.15) is 40.3 Å². The molecule has 1 fully saturated rings. The Balaban J connectivity index is 2.23. The van der Waals surface area contributed by atoms with Crippen LogP contribution in [0.4, 0.5) is 0 Å². The van der Waals surface area contributed by atoms with Gasteiger partial charge >= 0.3 is 5.97 Å². The molecule has 6 nitrogen and oxygen atoms in total. The molecule has 1 aliphatic heterocycles. The highest BCUT2D eigenvalue weighted by Gasteiger charge is 2.24. The van der Waals surface area contributed by atoms with Crippen molar-refractivity contribution in [2.45, 2.75) is 26.8 Å². The molecular formula is C15H21N3O3. The summed E-state index contributed by atoms with van der Waals surface area (Å²) in [6, 6.07) is 1.85. The number of pyridine rings is 1. The molecule has 0 saturated carbocycles. The van der Waals surface area contributed by atoms with Crippen LogP contribution >= 0.6 is 0 Å². The molecule has 2 heterocycles. The van der Waals surface area contributed by atoms with E-state index in [9.17, 15) is 9.59 Å². The second-order valence-corrected chi connectivity index (χ2v) is 5.18. The number of ether oxygens (including phenoxy) is 1. The molecule has 0 bridgehead atoms. The molecule has 1 aromatic heterocycles. The predicted molar refractivity (Wildman–Crippen MR) is 78.3 cm³/mol. The quantitative estimate of drug-likeness (QED) is 0.841. The van der Waals surface area contributed by atoms with Crippen LogP contribution in [0, 0.1) is 6.92 Å². The standard InChI is InChI=1S/C15H21N3O3/c1-4-21-15(20)12-7-13(11(3)17-8-12)14(19)18-6-5-16-10(2)9-18/h7-8,10,16H,4-6,9H2,1-3H3/t10-/m1/s1. The minimum atomic E-state index is -0.451. The zero-order valence-electron chi connectivity index (χ0n) is 12.7. The van der Waals surface area contributed by atoms with E-state index in [1.165, 1.54) is 6.20 Å². The summed E-state index contributed by atoms with van der Waals surface area (Å²) in [5.41, 5.74) is 1.41. The van der Waals surface area contributed by atoms with Crippen molar-refractivity contribution in [1.82, 2.24) is 15.2 Å². The van der Waals surface area contributed by atoms with Gasteiger partial charge in [-0.25, -0.2) is 4.79 Å². The zero-order valence-corrected chi connectivity index (χ0v) is 12.7. The minimum Gasteiger partial charge on any atom is -0.462 e. The van der Waals surface area contributed by atoms with E-state index in [1.807, 2.05) is 6.92 Å². The molecule has 0 unspecified atom stereocenters. The fraction of sp³-hybridized carbons (Fsp3) is 0.533.